The highest BCUT2D eigenvalue weighted by atomic mass is 16.4. The Hall–Kier alpha value is -0.940. The number of hydrogen-bond donors (Lipinski definition) is 3. The highest BCUT2D eigenvalue weighted by Gasteiger charge is 2.17. The third kappa shape index (κ3) is 20.9. The lowest BCUT2D eigenvalue weighted by atomic mass is 9.99. The van der Waals surface area contributed by atoms with E-state index in [1.807, 2.05) is 0 Å². The van der Waals surface area contributed by atoms with Crippen LogP contribution in [0.4, 0.5) is 0 Å². The monoisotopic (exact) mass is 454 g/mol. The lowest BCUT2D eigenvalue weighted by molar-refractivity contribution is -0.138. The molecule has 0 rings (SSSR count). The van der Waals surface area contributed by atoms with Crippen molar-refractivity contribution in [3.05, 3.63) is 0 Å². The standard InChI is InChI=1S/C27H54N2O3/c1-2-3-4-5-6-7-8-9-10-11-12-13-14-15-16-17-18-19-20-21-26(30)24(28)22-23-25(29)27(31)32/h24-25H,2-23,28-29H2,1H3,(H,31,32)/t24?,25-/m0/s1. The van der Waals surface area contributed by atoms with Crippen molar-refractivity contribution in [2.24, 2.45) is 11.5 Å². The zero-order chi connectivity index (χ0) is 23.9. The normalized spacial score (nSPS) is 13.2. The number of carboxylic acid groups (broad SMARTS) is 1. The summed E-state index contributed by atoms with van der Waals surface area (Å²) in [4.78, 5) is 22.7. The molecule has 1 unspecified atom stereocenters. The van der Waals surface area contributed by atoms with Crippen molar-refractivity contribution < 1.29 is 14.7 Å². The third-order valence-corrected chi connectivity index (χ3v) is 6.55. The predicted octanol–water partition coefficient (Wildman–Crippen LogP) is 6.90. The van der Waals surface area contributed by atoms with Crippen LogP contribution in [0.5, 0.6) is 0 Å². The molecule has 0 saturated heterocycles. The van der Waals surface area contributed by atoms with Gasteiger partial charge in [0, 0.05) is 6.42 Å². The van der Waals surface area contributed by atoms with Crippen molar-refractivity contribution in [1.29, 1.82) is 0 Å². The molecule has 0 radical (unpaired) electrons. The van der Waals surface area contributed by atoms with Crippen LogP contribution < -0.4 is 11.5 Å². The minimum absolute atomic E-state index is 0.0366. The van der Waals surface area contributed by atoms with Gasteiger partial charge in [-0.2, -0.15) is 0 Å². The van der Waals surface area contributed by atoms with Gasteiger partial charge in [-0.25, -0.2) is 0 Å². The summed E-state index contributed by atoms with van der Waals surface area (Å²) in [7, 11) is 0. The second-order valence-corrected chi connectivity index (χ2v) is 9.71. The van der Waals surface area contributed by atoms with E-state index in [1.54, 1.807) is 0 Å². The van der Waals surface area contributed by atoms with E-state index in [0.29, 0.717) is 12.8 Å². The van der Waals surface area contributed by atoms with Crippen LogP contribution in [0.15, 0.2) is 0 Å². The van der Waals surface area contributed by atoms with E-state index in [1.165, 1.54) is 109 Å². The molecule has 2 atom stereocenters. The molecule has 0 spiro atoms. The molecule has 0 aliphatic heterocycles. The number of ketones is 1. The number of hydrogen-bond acceptors (Lipinski definition) is 4. The van der Waals surface area contributed by atoms with Crippen LogP contribution in [0.1, 0.15) is 148 Å². The second-order valence-electron chi connectivity index (χ2n) is 9.71. The molecule has 0 fully saturated rings. The minimum Gasteiger partial charge on any atom is -0.480 e. The summed E-state index contributed by atoms with van der Waals surface area (Å²) in [5, 5.41) is 8.76. The van der Waals surface area contributed by atoms with Crippen molar-refractivity contribution in [1.82, 2.24) is 0 Å². The van der Waals surface area contributed by atoms with Crippen molar-refractivity contribution in [3.8, 4) is 0 Å². The molecule has 0 aromatic carbocycles. The average Bonchev–Trinajstić information content (AvgIpc) is 2.78. The Kier molecular flexibility index (Phi) is 22.5. The zero-order valence-corrected chi connectivity index (χ0v) is 21.1. The molecule has 32 heavy (non-hydrogen) atoms. The van der Waals surface area contributed by atoms with Gasteiger partial charge in [-0.15, -0.1) is 0 Å². The van der Waals surface area contributed by atoms with Crippen LogP contribution in [0.25, 0.3) is 0 Å². The largest absolute Gasteiger partial charge is 0.480 e. The maximum absolute atomic E-state index is 12.0. The molecular weight excluding hydrogens is 400 g/mol. The van der Waals surface area contributed by atoms with Gasteiger partial charge in [-0.1, -0.05) is 122 Å². The topological polar surface area (TPSA) is 106 Å². The van der Waals surface area contributed by atoms with Gasteiger partial charge >= 0.3 is 5.97 Å². The number of carbonyl (C=O) groups is 2. The molecule has 0 aliphatic carbocycles. The number of rotatable bonds is 25. The van der Waals surface area contributed by atoms with E-state index >= 15 is 0 Å². The van der Waals surface area contributed by atoms with Crippen LogP contribution in [-0.2, 0) is 9.59 Å². The first-order valence-electron chi connectivity index (χ1n) is 13.8. The summed E-state index contributed by atoms with van der Waals surface area (Å²) in [6.45, 7) is 2.28. The predicted molar refractivity (Wildman–Crippen MR) is 136 cm³/mol. The van der Waals surface area contributed by atoms with E-state index in [9.17, 15) is 9.59 Å². The Balaban J connectivity index is 3.27. The molecule has 0 aromatic heterocycles. The summed E-state index contributed by atoms with van der Waals surface area (Å²) >= 11 is 0. The Labute approximate surface area is 198 Å². The Bertz CT molecular complexity index is 443. The molecule has 190 valence electrons. The first-order valence-corrected chi connectivity index (χ1v) is 13.8. The van der Waals surface area contributed by atoms with Gasteiger partial charge < -0.3 is 16.6 Å². The molecule has 0 bridgehead atoms. The fourth-order valence-electron chi connectivity index (χ4n) is 4.21. The van der Waals surface area contributed by atoms with Gasteiger partial charge in [0.1, 0.15) is 11.8 Å². The fraction of sp³-hybridized carbons (Fsp3) is 0.926. The van der Waals surface area contributed by atoms with Gasteiger partial charge in [0.25, 0.3) is 0 Å². The number of aliphatic carboxylic acids is 1. The number of carbonyl (C=O) groups excluding carboxylic acids is 1. The molecule has 0 amide bonds. The second kappa shape index (κ2) is 23.2. The Morgan fingerprint density at radius 1 is 0.562 bits per heavy atom. The molecule has 0 aromatic rings. The van der Waals surface area contributed by atoms with Gasteiger partial charge in [0.2, 0.25) is 0 Å². The average molecular weight is 455 g/mol. The van der Waals surface area contributed by atoms with E-state index in [0.717, 1.165) is 12.8 Å². The summed E-state index contributed by atoms with van der Waals surface area (Å²) in [6.07, 6.45) is 26.5. The maximum Gasteiger partial charge on any atom is 0.320 e. The molecular formula is C27H54N2O3. The summed E-state index contributed by atoms with van der Waals surface area (Å²) < 4.78 is 0. The summed E-state index contributed by atoms with van der Waals surface area (Å²) in [6, 6.07) is -1.50. The van der Waals surface area contributed by atoms with Crippen LogP contribution in [-0.4, -0.2) is 28.9 Å². The van der Waals surface area contributed by atoms with Crippen LogP contribution in [0, 0.1) is 0 Å². The Morgan fingerprint density at radius 2 is 0.875 bits per heavy atom. The molecule has 0 aliphatic rings. The molecule has 0 heterocycles. The van der Waals surface area contributed by atoms with Gasteiger partial charge in [0.05, 0.1) is 6.04 Å². The number of unbranched alkanes of at least 4 members (excludes halogenated alkanes) is 18. The quantitative estimate of drug-likeness (QED) is 0.130. The van der Waals surface area contributed by atoms with Crippen LogP contribution >= 0.6 is 0 Å². The maximum atomic E-state index is 12.0. The van der Waals surface area contributed by atoms with Gasteiger partial charge in [-0.3, -0.25) is 9.59 Å². The van der Waals surface area contributed by atoms with E-state index < -0.39 is 18.1 Å². The van der Waals surface area contributed by atoms with Crippen LogP contribution in [0.2, 0.25) is 0 Å². The SMILES string of the molecule is CCCCCCCCCCCCCCCCCCCCCC(=O)C(N)CC[C@H](N)C(=O)O. The lowest BCUT2D eigenvalue weighted by Gasteiger charge is -2.12. The van der Waals surface area contributed by atoms with E-state index in [-0.39, 0.29) is 12.2 Å². The minimum atomic E-state index is -1.04. The fourth-order valence-corrected chi connectivity index (χ4v) is 4.21. The number of Topliss-reactive ketones (excluding diaryl/α,β-unsaturated/α-hetero) is 1. The third-order valence-electron chi connectivity index (χ3n) is 6.55. The van der Waals surface area contributed by atoms with Crippen LogP contribution in [0.3, 0.4) is 0 Å². The summed E-state index contributed by atoms with van der Waals surface area (Å²) in [5.74, 6) is -1.00. The highest BCUT2D eigenvalue weighted by Crippen LogP contribution is 2.15. The van der Waals surface area contributed by atoms with Gasteiger partial charge in [-0.05, 0) is 19.3 Å². The van der Waals surface area contributed by atoms with E-state index in [2.05, 4.69) is 6.92 Å². The highest BCUT2D eigenvalue weighted by molar-refractivity contribution is 5.83. The van der Waals surface area contributed by atoms with Crippen molar-refractivity contribution in [2.45, 2.75) is 160 Å². The first-order chi connectivity index (χ1) is 15.5. The Morgan fingerprint density at radius 3 is 1.22 bits per heavy atom. The van der Waals surface area contributed by atoms with Crippen molar-refractivity contribution in [3.63, 3.8) is 0 Å². The number of nitrogens with two attached hydrogens (primary N) is 2. The number of carboxylic acids is 1. The lowest BCUT2D eigenvalue weighted by Crippen LogP contribution is -2.35. The van der Waals surface area contributed by atoms with Crippen molar-refractivity contribution >= 4 is 11.8 Å². The van der Waals surface area contributed by atoms with Crippen molar-refractivity contribution in [2.75, 3.05) is 0 Å². The first kappa shape index (κ1) is 31.1. The zero-order valence-electron chi connectivity index (χ0n) is 21.1. The molecule has 0 saturated carbocycles. The smallest absolute Gasteiger partial charge is 0.320 e. The summed E-state index contributed by atoms with van der Waals surface area (Å²) in [5.41, 5.74) is 11.3. The van der Waals surface area contributed by atoms with E-state index in [4.69, 9.17) is 16.6 Å². The molecule has 5 heteroatoms. The van der Waals surface area contributed by atoms with Gasteiger partial charge in [0.15, 0.2) is 0 Å². The molecule has 5 N–H and O–H groups in total. The molecule has 5 nitrogen and oxygen atoms in total.